The molecule has 5 nitrogen and oxygen atoms in total. The molecule has 0 aliphatic heterocycles. The van der Waals surface area contributed by atoms with Crippen molar-refractivity contribution in [3.8, 4) is 34.2 Å². The standard InChI is InChI=1S/C18H13N5/c1-3-11-19-13(5-1)15-7-8-16(21-15)18-10-9-17(22-23-18)14-6-2-4-12-20-14/h1-12,21H. The predicted octanol–water partition coefficient (Wildman–Crippen LogP) is 3.60. The molecule has 0 atom stereocenters. The van der Waals surface area contributed by atoms with E-state index in [1.165, 1.54) is 0 Å². The Morgan fingerprint density at radius 2 is 1.13 bits per heavy atom. The van der Waals surface area contributed by atoms with Crippen LogP contribution in [0, 0.1) is 0 Å². The van der Waals surface area contributed by atoms with E-state index in [0.717, 1.165) is 34.2 Å². The normalized spacial score (nSPS) is 10.6. The lowest BCUT2D eigenvalue weighted by atomic mass is 10.2. The maximum Gasteiger partial charge on any atom is 0.111 e. The van der Waals surface area contributed by atoms with Crippen molar-refractivity contribution in [2.75, 3.05) is 0 Å². The minimum absolute atomic E-state index is 0.755. The Morgan fingerprint density at radius 3 is 1.74 bits per heavy atom. The summed E-state index contributed by atoms with van der Waals surface area (Å²) in [7, 11) is 0. The molecule has 0 fully saturated rings. The van der Waals surface area contributed by atoms with Gasteiger partial charge in [0.15, 0.2) is 0 Å². The number of aromatic amines is 1. The van der Waals surface area contributed by atoms with E-state index in [9.17, 15) is 0 Å². The Bertz CT molecular complexity index is 899. The second-order valence-corrected chi connectivity index (χ2v) is 5.02. The van der Waals surface area contributed by atoms with Gasteiger partial charge in [-0.15, -0.1) is 10.2 Å². The summed E-state index contributed by atoms with van der Waals surface area (Å²) in [5.41, 5.74) is 5.11. The average Bonchev–Trinajstić information content (AvgIpc) is 3.14. The first-order valence-corrected chi connectivity index (χ1v) is 7.26. The maximum atomic E-state index is 4.33. The molecular weight excluding hydrogens is 286 g/mol. The third-order valence-electron chi connectivity index (χ3n) is 3.49. The van der Waals surface area contributed by atoms with Crippen LogP contribution in [0.15, 0.2) is 73.1 Å². The van der Waals surface area contributed by atoms with Crippen LogP contribution in [0.4, 0.5) is 0 Å². The van der Waals surface area contributed by atoms with Gasteiger partial charge >= 0.3 is 0 Å². The second-order valence-electron chi connectivity index (χ2n) is 5.02. The summed E-state index contributed by atoms with van der Waals surface area (Å²) in [5.74, 6) is 0. The van der Waals surface area contributed by atoms with E-state index in [1.54, 1.807) is 12.4 Å². The van der Waals surface area contributed by atoms with Gasteiger partial charge in [-0.3, -0.25) is 9.97 Å². The van der Waals surface area contributed by atoms with Crippen molar-refractivity contribution in [2.45, 2.75) is 0 Å². The highest BCUT2D eigenvalue weighted by Crippen LogP contribution is 2.22. The van der Waals surface area contributed by atoms with Crippen molar-refractivity contribution < 1.29 is 0 Å². The van der Waals surface area contributed by atoms with Crippen molar-refractivity contribution in [3.63, 3.8) is 0 Å². The average molecular weight is 299 g/mol. The van der Waals surface area contributed by atoms with Gasteiger partial charge in [0.05, 0.1) is 22.8 Å². The van der Waals surface area contributed by atoms with Crippen LogP contribution >= 0.6 is 0 Å². The molecule has 0 radical (unpaired) electrons. The fourth-order valence-electron chi connectivity index (χ4n) is 2.34. The summed E-state index contributed by atoms with van der Waals surface area (Å²) in [6, 6.07) is 19.4. The van der Waals surface area contributed by atoms with Crippen LogP contribution in [-0.4, -0.2) is 25.1 Å². The molecule has 0 saturated carbocycles. The van der Waals surface area contributed by atoms with E-state index in [0.29, 0.717) is 0 Å². The van der Waals surface area contributed by atoms with Crippen LogP contribution in [0.1, 0.15) is 0 Å². The lowest BCUT2D eigenvalue weighted by molar-refractivity contribution is 1.03. The third-order valence-corrected chi connectivity index (χ3v) is 3.49. The molecular formula is C18H13N5. The molecule has 0 aliphatic carbocycles. The van der Waals surface area contributed by atoms with Crippen LogP contribution in [-0.2, 0) is 0 Å². The smallest absolute Gasteiger partial charge is 0.111 e. The quantitative estimate of drug-likeness (QED) is 0.627. The van der Waals surface area contributed by atoms with Gasteiger partial charge in [0.25, 0.3) is 0 Å². The number of aromatic nitrogens is 5. The lowest BCUT2D eigenvalue weighted by Gasteiger charge is -2.01. The molecule has 0 aliphatic rings. The van der Waals surface area contributed by atoms with Gasteiger partial charge in [-0.2, -0.15) is 0 Å². The van der Waals surface area contributed by atoms with Crippen LogP contribution in [0.25, 0.3) is 34.2 Å². The fourth-order valence-corrected chi connectivity index (χ4v) is 2.34. The predicted molar refractivity (Wildman–Crippen MR) is 88.3 cm³/mol. The molecule has 1 N–H and O–H groups in total. The Morgan fingerprint density at radius 1 is 0.522 bits per heavy atom. The number of pyridine rings is 2. The topological polar surface area (TPSA) is 67.3 Å². The fraction of sp³-hybridized carbons (Fsp3) is 0. The first-order chi connectivity index (χ1) is 11.4. The molecule has 0 saturated heterocycles. The molecule has 4 aromatic heterocycles. The largest absolute Gasteiger partial charge is 0.352 e. The SMILES string of the molecule is c1ccc(-c2ccc(-c3ccc(-c4ccccn4)[nH]3)nn2)nc1. The van der Waals surface area contributed by atoms with Crippen LogP contribution < -0.4 is 0 Å². The molecule has 4 heterocycles. The monoisotopic (exact) mass is 299 g/mol. The number of hydrogen-bond donors (Lipinski definition) is 1. The van der Waals surface area contributed by atoms with Gasteiger partial charge in [0.1, 0.15) is 11.4 Å². The van der Waals surface area contributed by atoms with Gasteiger partial charge in [-0.25, -0.2) is 0 Å². The third kappa shape index (κ3) is 2.72. The molecule has 4 aromatic rings. The Labute approximate surface area is 133 Å². The molecule has 0 aromatic carbocycles. The molecule has 4 rings (SSSR count). The highest BCUT2D eigenvalue weighted by molar-refractivity contribution is 5.64. The minimum Gasteiger partial charge on any atom is -0.352 e. The summed E-state index contributed by atoms with van der Waals surface area (Å²) < 4.78 is 0. The zero-order valence-corrected chi connectivity index (χ0v) is 12.2. The minimum atomic E-state index is 0.755. The van der Waals surface area contributed by atoms with Gasteiger partial charge in [-0.05, 0) is 48.5 Å². The van der Waals surface area contributed by atoms with E-state index in [2.05, 4.69) is 25.1 Å². The molecule has 23 heavy (non-hydrogen) atoms. The highest BCUT2D eigenvalue weighted by atomic mass is 15.1. The van der Waals surface area contributed by atoms with Gasteiger partial charge < -0.3 is 4.98 Å². The second kappa shape index (κ2) is 5.81. The van der Waals surface area contributed by atoms with E-state index >= 15 is 0 Å². The summed E-state index contributed by atoms with van der Waals surface area (Å²) in [5, 5.41) is 8.55. The Hall–Kier alpha value is -3.34. The summed E-state index contributed by atoms with van der Waals surface area (Å²) in [4.78, 5) is 11.9. The Balaban J connectivity index is 1.63. The number of H-pyrrole nitrogens is 1. The first kappa shape index (κ1) is 13.3. The number of nitrogens with one attached hydrogen (secondary N) is 1. The summed E-state index contributed by atoms with van der Waals surface area (Å²) >= 11 is 0. The van der Waals surface area contributed by atoms with E-state index in [1.807, 2.05) is 60.7 Å². The molecule has 0 unspecified atom stereocenters. The number of nitrogens with zero attached hydrogens (tertiary/aromatic N) is 4. The zero-order valence-electron chi connectivity index (χ0n) is 12.2. The van der Waals surface area contributed by atoms with Gasteiger partial charge in [0, 0.05) is 12.4 Å². The van der Waals surface area contributed by atoms with Gasteiger partial charge in [0.2, 0.25) is 0 Å². The lowest BCUT2D eigenvalue weighted by Crippen LogP contribution is -1.92. The van der Waals surface area contributed by atoms with Crippen molar-refractivity contribution >= 4 is 0 Å². The summed E-state index contributed by atoms with van der Waals surface area (Å²) in [6.45, 7) is 0. The molecule has 0 spiro atoms. The van der Waals surface area contributed by atoms with Crippen molar-refractivity contribution in [3.05, 3.63) is 73.1 Å². The van der Waals surface area contributed by atoms with E-state index < -0.39 is 0 Å². The number of hydrogen-bond acceptors (Lipinski definition) is 4. The molecule has 5 heteroatoms. The maximum absolute atomic E-state index is 4.33. The van der Waals surface area contributed by atoms with Crippen LogP contribution in [0.2, 0.25) is 0 Å². The highest BCUT2D eigenvalue weighted by Gasteiger charge is 2.07. The first-order valence-electron chi connectivity index (χ1n) is 7.26. The van der Waals surface area contributed by atoms with Crippen molar-refractivity contribution in [1.82, 2.24) is 25.1 Å². The van der Waals surface area contributed by atoms with E-state index in [4.69, 9.17) is 0 Å². The van der Waals surface area contributed by atoms with Gasteiger partial charge in [-0.1, -0.05) is 12.1 Å². The molecule has 0 bridgehead atoms. The van der Waals surface area contributed by atoms with Crippen LogP contribution in [0.3, 0.4) is 0 Å². The summed E-state index contributed by atoms with van der Waals surface area (Å²) in [6.07, 6.45) is 3.52. The van der Waals surface area contributed by atoms with Crippen molar-refractivity contribution in [1.29, 1.82) is 0 Å². The molecule has 110 valence electrons. The van der Waals surface area contributed by atoms with Crippen molar-refractivity contribution in [2.24, 2.45) is 0 Å². The zero-order chi connectivity index (χ0) is 15.5. The Kier molecular flexibility index (Phi) is 3.37. The van der Waals surface area contributed by atoms with E-state index in [-0.39, 0.29) is 0 Å². The number of rotatable bonds is 3. The molecule has 0 amide bonds. The van der Waals surface area contributed by atoms with Crippen LogP contribution in [0.5, 0.6) is 0 Å².